The summed E-state index contributed by atoms with van der Waals surface area (Å²) in [5, 5.41) is 13.8. The van der Waals surface area contributed by atoms with E-state index in [4.69, 9.17) is 25.8 Å². The highest BCUT2D eigenvalue weighted by molar-refractivity contribution is 6.30. The normalized spacial score (nSPS) is 11.2. The van der Waals surface area contributed by atoms with Crippen LogP contribution in [-0.2, 0) is 14.3 Å². The van der Waals surface area contributed by atoms with E-state index in [2.05, 4.69) is 5.32 Å². The minimum Gasteiger partial charge on any atom is -0.494 e. The lowest BCUT2D eigenvalue weighted by Crippen LogP contribution is -2.31. The van der Waals surface area contributed by atoms with E-state index in [1.54, 1.807) is 24.3 Å². The molecule has 148 valence electrons. The van der Waals surface area contributed by atoms with E-state index in [0.717, 1.165) is 0 Å². The van der Waals surface area contributed by atoms with E-state index in [1.165, 1.54) is 32.2 Å². The van der Waals surface area contributed by atoms with Crippen LogP contribution >= 0.6 is 11.6 Å². The molecule has 2 aromatic rings. The first-order chi connectivity index (χ1) is 13.3. The number of ether oxygens (including phenoxy) is 3. The van der Waals surface area contributed by atoms with Crippen molar-refractivity contribution in [1.29, 1.82) is 0 Å². The zero-order valence-corrected chi connectivity index (χ0v) is 15.8. The molecule has 0 aromatic heterocycles. The number of nitro groups is 1. The van der Waals surface area contributed by atoms with E-state index in [-0.39, 0.29) is 23.7 Å². The fraction of sp³-hybridized carbons (Fsp3) is 0.222. The van der Waals surface area contributed by atoms with Gasteiger partial charge >= 0.3 is 5.97 Å². The zero-order chi connectivity index (χ0) is 20.7. The van der Waals surface area contributed by atoms with Gasteiger partial charge in [-0.1, -0.05) is 11.6 Å². The Morgan fingerprint density at radius 3 is 2.50 bits per heavy atom. The number of halogens is 1. The molecule has 10 heteroatoms. The van der Waals surface area contributed by atoms with Gasteiger partial charge in [0, 0.05) is 11.1 Å². The Balaban J connectivity index is 1.90. The maximum Gasteiger partial charge on any atom is 0.344 e. The summed E-state index contributed by atoms with van der Waals surface area (Å²) in [4.78, 5) is 34.3. The first-order valence-electron chi connectivity index (χ1n) is 8.01. The number of nitro benzene ring substituents is 1. The van der Waals surface area contributed by atoms with Gasteiger partial charge < -0.3 is 19.5 Å². The number of nitrogens with one attached hydrogen (secondary N) is 1. The number of anilines is 1. The molecule has 0 spiro atoms. The third-order valence-electron chi connectivity index (χ3n) is 3.50. The van der Waals surface area contributed by atoms with Crippen molar-refractivity contribution in [2.45, 2.75) is 13.0 Å². The van der Waals surface area contributed by atoms with Gasteiger partial charge in [0.2, 0.25) is 0 Å². The molecule has 0 radical (unpaired) electrons. The zero-order valence-electron chi connectivity index (χ0n) is 15.0. The van der Waals surface area contributed by atoms with Crippen LogP contribution < -0.4 is 14.8 Å². The molecule has 28 heavy (non-hydrogen) atoms. The monoisotopic (exact) mass is 408 g/mol. The van der Waals surface area contributed by atoms with Gasteiger partial charge in [-0.15, -0.1) is 0 Å². The highest BCUT2D eigenvalue weighted by Gasteiger charge is 2.20. The van der Waals surface area contributed by atoms with Gasteiger partial charge in [0.1, 0.15) is 11.5 Å². The summed E-state index contributed by atoms with van der Waals surface area (Å²) < 4.78 is 15.3. The molecule has 1 N–H and O–H groups in total. The maximum atomic E-state index is 12.2. The van der Waals surface area contributed by atoms with E-state index in [9.17, 15) is 19.7 Å². The molecule has 1 amide bonds. The van der Waals surface area contributed by atoms with Crippen LogP contribution in [0.5, 0.6) is 11.5 Å². The number of rotatable bonds is 8. The first-order valence-corrected chi connectivity index (χ1v) is 8.39. The second kappa shape index (κ2) is 9.56. The number of amides is 1. The van der Waals surface area contributed by atoms with Crippen molar-refractivity contribution in [2.75, 3.05) is 19.0 Å². The summed E-state index contributed by atoms with van der Waals surface area (Å²) in [5.74, 6) is -0.846. The van der Waals surface area contributed by atoms with Crippen LogP contribution in [0.25, 0.3) is 0 Å². The average Bonchev–Trinajstić information content (AvgIpc) is 2.67. The minimum absolute atomic E-state index is 0.104. The number of benzene rings is 2. The number of methoxy groups -OCH3 is 1. The molecule has 9 nitrogen and oxygen atoms in total. The van der Waals surface area contributed by atoms with Crippen molar-refractivity contribution in [2.24, 2.45) is 0 Å². The summed E-state index contributed by atoms with van der Waals surface area (Å²) in [7, 11) is 1.31. The molecule has 2 aromatic carbocycles. The summed E-state index contributed by atoms with van der Waals surface area (Å²) in [6.45, 7) is 0.994. The Kier molecular flexibility index (Phi) is 7.16. The van der Waals surface area contributed by atoms with Crippen LogP contribution in [0.4, 0.5) is 11.4 Å². The second-order valence-corrected chi connectivity index (χ2v) is 5.94. The van der Waals surface area contributed by atoms with Gasteiger partial charge in [-0.25, -0.2) is 4.79 Å². The van der Waals surface area contributed by atoms with E-state index in [0.29, 0.717) is 10.8 Å². The number of hydrogen-bond donors (Lipinski definition) is 1. The summed E-state index contributed by atoms with van der Waals surface area (Å²) in [6, 6.07) is 10.1. The van der Waals surface area contributed by atoms with E-state index < -0.39 is 22.9 Å². The second-order valence-electron chi connectivity index (χ2n) is 5.51. The summed E-state index contributed by atoms with van der Waals surface area (Å²) >= 11 is 5.76. The van der Waals surface area contributed by atoms with Crippen LogP contribution in [-0.4, -0.2) is 36.6 Å². The molecule has 0 unspecified atom stereocenters. The molecule has 2 rings (SSSR count). The number of carbonyl (C=O) groups excluding carboxylic acids is 2. The predicted octanol–water partition coefficient (Wildman–Crippen LogP) is 3.21. The summed E-state index contributed by atoms with van der Waals surface area (Å²) in [5.41, 5.74) is 0.0205. The lowest BCUT2D eigenvalue weighted by atomic mass is 10.2. The molecular formula is C18H17ClN2O7. The molecule has 0 saturated carbocycles. The number of hydrogen-bond acceptors (Lipinski definition) is 7. The average molecular weight is 409 g/mol. The smallest absolute Gasteiger partial charge is 0.344 e. The molecule has 0 heterocycles. The topological polar surface area (TPSA) is 117 Å². The number of non-ortho nitro benzene ring substituents is 1. The van der Waals surface area contributed by atoms with E-state index in [1.807, 2.05) is 0 Å². The Hall–Kier alpha value is -3.33. The molecule has 0 aliphatic carbocycles. The van der Waals surface area contributed by atoms with Gasteiger partial charge in [-0.3, -0.25) is 14.9 Å². The van der Waals surface area contributed by atoms with Gasteiger partial charge in [0.15, 0.2) is 12.7 Å². The van der Waals surface area contributed by atoms with Gasteiger partial charge in [0.05, 0.1) is 23.8 Å². The number of nitrogens with zero attached hydrogens (tertiary/aromatic N) is 1. The van der Waals surface area contributed by atoms with Crippen molar-refractivity contribution in [3.8, 4) is 11.5 Å². The molecule has 0 fully saturated rings. The fourth-order valence-corrected chi connectivity index (χ4v) is 2.21. The Bertz CT molecular complexity index is 871. The Labute approximate surface area is 165 Å². The molecule has 0 aliphatic rings. The third kappa shape index (κ3) is 5.85. The van der Waals surface area contributed by atoms with Crippen LogP contribution in [0.3, 0.4) is 0 Å². The maximum absolute atomic E-state index is 12.2. The van der Waals surface area contributed by atoms with Crippen LogP contribution in [0.2, 0.25) is 5.02 Å². The SMILES string of the molecule is COc1cc([N+](=O)[O-])ccc1NC(=O)[C@@H](C)OC(=O)COc1ccc(Cl)cc1. The van der Waals surface area contributed by atoms with E-state index >= 15 is 0 Å². The largest absolute Gasteiger partial charge is 0.494 e. The standard InChI is InChI=1S/C18H17ClN2O7/c1-11(28-17(22)10-27-14-6-3-12(19)4-7-14)18(23)20-15-8-5-13(21(24)25)9-16(15)26-2/h3-9,11H,10H2,1-2H3,(H,20,23)/t11-/m1/s1. The van der Waals surface area contributed by atoms with Crippen LogP contribution in [0, 0.1) is 10.1 Å². The number of esters is 1. The van der Waals surface area contributed by atoms with Gasteiger partial charge in [-0.05, 0) is 37.3 Å². The molecular weight excluding hydrogens is 392 g/mol. The molecule has 0 saturated heterocycles. The lowest BCUT2D eigenvalue weighted by molar-refractivity contribution is -0.384. The molecule has 1 atom stereocenters. The quantitative estimate of drug-likeness (QED) is 0.405. The summed E-state index contributed by atoms with van der Waals surface area (Å²) in [6.07, 6.45) is -1.12. The minimum atomic E-state index is -1.12. The highest BCUT2D eigenvalue weighted by atomic mass is 35.5. The van der Waals surface area contributed by atoms with Gasteiger partial charge in [-0.2, -0.15) is 0 Å². The van der Waals surface area contributed by atoms with Crippen molar-refractivity contribution in [3.05, 3.63) is 57.6 Å². The predicted molar refractivity (Wildman–Crippen MR) is 101 cm³/mol. The van der Waals surface area contributed by atoms with Crippen molar-refractivity contribution in [3.63, 3.8) is 0 Å². The van der Waals surface area contributed by atoms with Crippen molar-refractivity contribution >= 4 is 34.9 Å². The number of carbonyl (C=O) groups is 2. The lowest BCUT2D eigenvalue weighted by Gasteiger charge is -2.15. The highest BCUT2D eigenvalue weighted by Crippen LogP contribution is 2.29. The third-order valence-corrected chi connectivity index (χ3v) is 3.75. The molecule has 0 bridgehead atoms. The molecule has 0 aliphatic heterocycles. The van der Waals surface area contributed by atoms with Crippen molar-refractivity contribution in [1.82, 2.24) is 0 Å². The first kappa shape index (κ1) is 21.0. The van der Waals surface area contributed by atoms with Gasteiger partial charge in [0.25, 0.3) is 11.6 Å². The Morgan fingerprint density at radius 2 is 1.89 bits per heavy atom. The van der Waals surface area contributed by atoms with Crippen LogP contribution in [0.15, 0.2) is 42.5 Å². The van der Waals surface area contributed by atoms with Crippen LogP contribution in [0.1, 0.15) is 6.92 Å². The Morgan fingerprint density at radius 1 is 1.21 bits per heavy atom. The van der Waals surface area contributed by atoms with Crippen molar-refractivity contribution < 1.29 is 28.7 Å². The fourth-order valence-electron chi connectivity index (χ4n) is 2.09.